The van der Waals surface area contributed by atoms with Crippen molar-refractivity contribution in [1.29, 1.82) is 0 Å². The largest absolute Gasteiger partial charge is 0.289 e. The molecule has 0 saturated carbocycles. The number of hydrogen-bond acceptors (Lipinski definition) is 2. The van der Waals surface area contributed by atoms with Gasteiger partial charge in [-0.05, 0) is 89.8 Å². The van der Waals surface area contributed by atoms with Gasteiger partial charge >= 0.3 is 0 Å². The first kappa shape index (κ1) is 15.5. The van der Waals surface area contributed by atoms with Crippen molar-refractivity contribution in [3.05, 3.63) is 81.5 Å². The topological polar surface area (TPSA) is 17.1 Å². The molecule has 5 aromatic rings. The first-order chi connectivity index (χ1) is 12.5. The van der Waals surface area contributed by atoms with Crippen molar-refractivity contribution in [2.45, 2.75) is 20.8 Å². The molecular formula is C24H18OS. The third-order valence-electron chi connectivity index (χ3n) is 5.35. The minimum Gasteiger partial charge on any atom is -0.289 e. The molecule has 0 atom stereocenters. The number of benzene rings is 4. The minimum absolute atomic E-state index is 0.139. The predicted octanol–water partition coefficient (Wildman–Crippen LogP) is 6.65. The van der Waals surface area contributed by atoms with Crippen LogP contribution in [0.25, 0.3) is 41.7 Å². The fraction of sp³-hybridized carbons (Fsp3) is 0.125. The molecule has 4 aromatic carbocycles. The molecule has 0 N–H and O–H groups in total. The van der Waals surface area contributed by atoms with E-state index in [2.05, 4.69) is 62.4 Å². The van der Waals surface area contributed by atoms with Gasteiger partial charge in [-0.25, -0.2) is 0 Å². The van der Waals surface area contributed by atoms with E-state index < -0.39 is 0 Å². The molecule has 0 saturated heterocycles. The van der Waals surface area contributed by atoms with E-state index in [1.54, 1.807) is 11.3 Å². The SMILES string of the molecule is Cc1ccc2sc3cc4cc5c(C)ccc(C)c5cc4cc3c(=O)c2c1. The van der Waals surface area contributed by atoms with Crippen LogP contribution in [-0.2, 0) is 0 Å². The first-order valence-electron chi connectivity index (χ1n) is 8.82. The molecule has 0 aliphatic rings. The lowest BCUT2D eigenvalue weighted by Gasteiger charge is -2.09. The molecule has 5 rings (SSSR count). The summed E-state index contributed by atoms with van der Waals surface area (Å²) in [4.78, 5) is 13.1. The summed E-state index contributed by atoms with van der Waals surface area (Å²) < 4.78 is 2.11. The Morgan fingerprint density at radius 2 is 1.19 bits per heavy atom. The van der Waals surface area contributed by atoms with Crippen molar-refractivity contribution in [1.82, 2.24) is 0 Å². The smallest absolute Gasteiger partial charge is 0.195 e. The molecule has 0 bridgehead atoms. The van der Waals surface area contributed by atoms with Crippen LogP contribution in [0.5, 0.6) is 0 Å². The number of fused-ring (bicyclic) bond motifs is 4. The average molecular weight is 354 g/mol. The Morgan fingerprint density at radius 1 is 0.615 bits per heavy atom. The Morgan fingerprint density at radius 3 is 1.88 bits per heavy atom. The summed E-state index contributed by atoms with van der Waals surface area (Å²) in [6.07, 6.45) is 0. The van der Waals surface area contributed by atoms with Crippen LogP contribution in [-0.4, -0.2) is 0 Å². The summed E-state index contributed by atoms with van der Waals surface area (Å²) in [6, 6.07) is 19.2. The summed E-state index contributed by atoms with van der Waals surface area (Å²) in [7, 11) is 0. The third kappa shape index (κ3) is 2.19. The molecule has 26 heavy (non-hydrogen) atoms. The van der Waals surface area contributed by atoms with Crippen LogP contribution in [0, 0.1) is 20.8 Å². The summed E-state index contributed by atoms with van der Waals surface area (Å²) >= 11 is 1.70. The third-order valence-corrected chi connectivity index (χ3v) is 6.49. The van der Waals surface area contributed by atoms with Crippen LogP contribution < -0.4 is 5.43 Å². The van der Waals surface area contributed by atoms with Crippen LogP contribution in [0.4, 0.5) is 0 Å². The maximum atomic E-state index is 13.1. The van der Waals surface area contributed by atoms with Gasteiger partial charge in [0, 0.05) is 20.2 Å². The molecule has 2 heteroatoms. The van der Waals surface area contributed by atoms with Crippen LogP contribution in [0.3, 0.4) is 0 Å². The van der Waals surface area contributed by atoms with E-state index in [0.29, 0.717) is 0 Å². The van der Waals surface area contributed by atoms with Crippen LogP contribution >= 0.6 is 11.3 Å². The molecule has 0 spiro atoms. The zero-order valence-corrected chi connectivity index (χ0v) is 15.8. The Hall–Kier alpha value is -2.71. The summed E-state index contributed by atoms with van der Waals surface area (Å²) in [5.41, 5.74) is 3.82. The van der Waals surface area contributed by atoms with Crippen molar-refractivity contribution in [2.75, 3.05) is 0 Å². The van der Waals surface area contributed by atoms with Crippen molar-refractivity contribution in [3.63, 3.8) is 0 Å². The predicted molar refractivity (Wildman–Crippen MR) is 115 cm³/mol. The second-order valence-corrected chi connectivity index (χ2v) is 8.31. The van der Waals surface area contributed by atoms with Crippen molar-refractivity contribution in [2.24, 2.45) is 0 Å². The number of hydrogen-bond donors (Lipinski definition) is 0. The highest BCUT2D eigenvalue weighted by atomic mass is 32.1. The zero-order chi connectivity index (χ0) is 18.0. The molecule has 1 nitrogen and oxygen atoms in total. The van der Waals surface area contributed by atoms with E-state index in [0.717, 1.165) is 31.1 Å². The van der Waals surface area contributed by atoms with E-state index in [9.17, 15) is 4.79 Å². The standard InChI is InChI=1S/C24H18OS/c1-13-4-7-22-20(8-13)24(25)21-11-16-9-18-14(2)5-6-15(3)19(18)10-17(16)12-23(21)26-22/h4-12H,1-3H3. The van der Waals surface area contributed by atoms with Gasteiger partial charge in [0.2, 0.25) is 0 Å². The maximum Gasteiger partial charge on any atom is 0.195 e. The highest BCUT2D eigenvalue weighted by molar-refractivity contribution is 7.24. The molecule has 0 unspecified atom stereocenters. The monoisotopic (exact) mass is 354 g/mol. The zero-order valence-electron chi connectivity index (χ0n) is 15.0. The van der Waals surface area contributed by atoms with Gasteiger partial charge in [-0.15, -0.1) is 11.3 Å². The quantitative estimate of drug-likeness (QED) is 0.285. The Kier molecular flexibility index (Phi) is 3.22. The van der Waals surface area contributed by atoms with Crippen molar-refractivity contribution >= 4 is 53.1 Å². The van der Waals surface area contributed by atoms with Crippen LogP contribution in [0.2, 0.25) is 0 Å². The molecule has 1 heterocycles. The van der Waals surface area contributed by atoms with Crippen LogP contribution in [0.15, 0.2) is 59.4 Å². The van der Waals surface area contributed by atoms with Gasteiger partial charge in [0.05, 0.1) is 0 Å². The molecule has 0 radical (unpaired) electrons. The average Bonchev–Trinajstić information content (AvgIpc) is 2.63. The molecule has 126 valence electrons. The lowest BCUT2D eigenvalue weighted by Crippen LogP contribution is -2.01. The number of rotatable bonds is 0. The maximum absolute atomic E-state index is 13.1. The Balaban J connectivity index is 1.97. The van der Waals surface area contributed by atoms with Gasteiger partial charge in [0.25, 0.3) is 0 Å². The molecular weight excluding hydrogens is 336 g/mol. The van der Waals surface area contributed by atoms with Gasteiger partial charge in [0.1, 0.15) is 0 Å². The Bertz CT molecular complexity index is 1420. The minimum atomic E-state index is 0.139. The van der Waals surface area contributed by atoms with Gasteiger partial charge in [-0.1, -0.05) is 23.8 Å². The van der Waals surface area contributed by atoms with Crippen molar-refractivity contribution in [3.8, 4) is 0 Å². The van der Waals surface area contributed by atoms with E-state index in [1.165, 1.54) is 27.3 Å². The fourth-order valence-electron chi connectivity index (χ4n) is 3.85. The van der Waals surface area contributed by atoms with Gasteiger partial charge in [-0.2, -0.15) is 0 Å². The van der Waals surface area contributed by atoms with Gasteiger partial charge in [-0.3, -0.25) is 4.79 Å². The lowest BCUT2D eigenvalue weighted by molar-refractivity contribution is 1.47. The highest BCUT2D eigenvalue weighted by Crippen LogP contribution is 2.32. The fourth-order valence-corrected chi connectivity index (χ4v) is 4.93. The highest BCUT2D eigenvalue weighted by Gasteiger charge is 2.10. The van der Waals surface area contributed by atoms with E-state index >= 15 is 0 Å². The normalized spacial score (nSPS) is 11.8. The van der Waals surface area contributed by atoms with Gasteiger partial charge in [0.15, 0.2) is 5.43 Å². The first-order valence-corrected chi connectivity index (χ1v) is 9.64. The second kappa shape index (κ2) is 5.39. The summed E-state index contributed by atoms with van der Waals surface area (Å²) in [5, 5.41) is 6.54. The molecule has 0 fully saturated rings. The second-order valence-electron chi connectivity index (χ2n) is 7.22. The Labute approximate surface area is 155 Å². The van der Waals surface area contributed by atoms with Crippen molar-refractivity contribution < 1.29 is 0 Å². The van der Waals surface area contributed by atoms with Crippen LogP contribution in [0.1, 0.15) is 16.7 Å². The lowest BCUT2D eigenvalue weighted by atomic mass is 9.96. The number of aryl methyl sites for hydroxylation is 3. The molecule has 0 aliphatic carbocycles. The molecule has 0 amide bonds. The van der Waals surface area contributed by atoms with E-state index in [1.807, 2.05) is 13.0 Å². The van der Waals surface area contributed by atoms with Gasteiger partial charge < -0.3 is 0 Å². The summed E-state index contributed by atoms with van der Waals surface area (Å²) in [5.74, 6) is 0. The van der Waals surface area contributed by atoms with E-state index in [-0.39, 0.29) is 5.43 Å². The molecule has 0 aliphatic heterocycles. The van der Waals surface area contributed by atoms with E-state index in [4.69, 9.17) is 0 Å². The summed E-state index contributed by atoms with van der Waals surface area (Å²) in [6.45, 7) is 6.33. The molecule has 1 aromatic heterocycles.